The molecule has 0 aliphatic heterocycles. The number of thioether (sulfide) groups is 1. The predicted molar refractivity (Wildman–Crippen MR) is 104 cm³/mol. The zero-order valence-corrected chi connectivity index (χ0v) is 16.4. The molecule has 4 nitrogen and oxygen atoms in total. The molecule has 0 unspecified atom stereocenters. The minimum Gasteiger partial charge on any atom is -0.497 e. The lowest BCUT2D eigenvalue weighted by molar-refractivity contribution is 0.414. The molecule has 0 spiro atoms. The average molecular weight is 423 g/mol. The van der Waals surface area contributed by atoms with Crippen LogP contribution in [0.4, 0.5) is 0 Å². The van der Waals surface area contributed by atoms with Gasteiger partial charge >= 0.3 is 0 Å². The molecule has 1 aromatic carbocycles. The molecule has 0 bridgehead atoms. The molecule has 21 heavy (non-hydrogen) atoms. The van der Waals surface area contributed by atoms with Crippen molar-refractivity contribution < 1.29 is 4.74 Å². The summed E-state index contributed by atoms with van der Waals surface area (Å²) in [5, 5.41) is 6.58. The summed E-state index contributed by atoms with van der Waals surface area (Å²) in [4.78, 5) is 4.60. The van der Waals surface area contributed by atoms with Crippen molar-refractivity contribution in [2.45, 2.75) is 20.4 Å². The van der Waals surface area contributed by atoms with Crippen molar-refractivity contribution in [2.75, 3.05) is 32.2 Å². The molecule has 1 aromatic rings. The molecule has 6 heteroatoms. The molecule has 0 heterocycles. The van der Waals surface area contributed by atoms with E-state index < -0.39 is 0 Å². The quantitative estimate of drug-likeness (QED) is 0.306. The third-order valence-electron chi connectivity index (χ3n) is 2.71. The normalized spacial score (nSPS) is 10.8. The second-order valence-corrected chi connectivity index (χ2v) is 5.46. The predicted octanol–water partition coefficient (Wildman–Crippen LogP) is 3.04. The summed E-state index contributed by atoms with van der Waals surface area (Å²) in [5.74, 6) is 2.82. The van der Waals surface area contributed by atoms with Crippen LogP contribution in [0.25, 0.3) is 0 Å². The van der Waals surface area contributed by atoms with Crippen molar-refractivity contribution in [3.63, 3.8) is 0 Å². The second kappa shape index (κ2) is 12.0. The van der Waals surface area contributed by atoms with Crippen molar-refractivity contribution in [3.05, 3.63) is 29.3 Å². The van der Waals surface area contributed by atoms with Crippen LogP contribution < -0.4 is 15.4 Å². The van der Waals surface area contributed by atoms with Gasteiger partial charge in [0.25, 0.3) is 0 Å². The van der Waals surface area contributed by atoms with Gasteiger partial charge in [-0.2, -0.15) is 11.8 Å². The summed E-state index contributed by atoms with van der Waals surface area (Å²) >= 11 is 1.82. The average Bonchev–Trinajstić information content (AvgIpc) is 2.44. The van der Waals surface area contributed by atoms with Crippen molar-refractivity contribution in [1.82, 2.24) is 10.6 Å². The molecule has 0 aromatic heterocycles. The van der Waals surface area contributed by atoms with Crippen molar-refractivity contribution >= 4 is 41.7 Å². The minimum atomic E-state index is 0. The fourth-order valence-corrected chi connectivity index (χ4v) is 2.12. The van der Waals surface area contributed by atoms with E-state index in [1.807, 2.05) is 23.9 Å². The van der Waals surface area contributed by atoms with Crippen molar-refractivity contribution in [1.29, 1.82) is 0 Å². The van der Waals surface area contributed by atoms with Crippen LogP contribution in [0, 0.1) is 6.92 Å². The number of methoxy groups -OCH3 is 1. The molecular weight excluding hydrogens is 397 g/mol. The summed E-state index contributed by atoms with van der Waals surface area (Å²) in [7, 11) is 1.69. The Labute approximate surface area is 149 Å². The number of aryl methyl sites for hydroxylation is 1. The number of guanidine groups is 1. The van der Waals surface area contributed by atoms with Gasteiger partial charge in [0.15, 0.2) is 5.96 Å². The smallest absolute Gasteiger partial charge is 0.191 e. The summed E-state index contributed by atoms with van der Waals surface area (Å²) in [6, 6.07) is 6.19. The molecule has 120 valence electrons. The summed E-state index contributed by atoms with van der Waals surface area (Å²) in [6.45, 7) is 6.57. The molecule has 0 amide bonds. The lowest BCUT2D eigenvalue weighted by Crippen LogP contribution is -2.38. The SMILES string of the molecule is CCNC(=NCc1cc(C)cc(OC)c1)NCCSC.I. The van der Waals surface area contributed by atoms with E-state index in [-0.39, 0.29) is 24.0 Å². The van der Waals surface area contributed by atoms with Gasteiger partial charge in [-0.25, -0.2) is 4.99 Å². The number of halogens is 1. The maximum atomic E-state index is 5.29. The standard InChI is InChI=1S/C15H25N3OS.HI/c1-5-16-15(17-6-7-20-4)18-11-13-8-12(2)9-14(10-13)19-3;/h8-10H,5-7,11H2,1-4H3,(H2,16,17,18);1H. The zero-order chi connectivity index (χ0) is 14.8. The summed E-state index contributed by atoms with van der Waals surface area (Å²) in [5.41, 5.74) is 2.35. The van der Waals surface area contributed by atoms with Gasteiger partial charge in [0.1, 0.15) is 5.75 Å². The second-order valence-electron chi connectivity index (χ2n) is 4.47. The molecular formula is C15H26IN3OS. The van der Waals surface area contributed by atoms with Gasteiger partial charge in [0.2, 0.25) is 0 Å². The first-order valence-corrected chi connectivity index (χ1v) is 8.24. The van der Waals surface area contributed by atoms with Crippen molar-refractivity contribution in [3.8, 4) is 5.75 Å². The summed E-state index contributed by atoms with van der Waals surface area (Å²) in [6.07, 6.45) is 2.10. The molecule has 0 aliphatic rings. The largest absolute Gasteiger partial charge is 0.497 e. The first kappa shape index (κ1) is 20.4. The highest BCUT2D eigenvalue weighted by Gasteiger charge is 2.00. The number of nitrogens with one attached hydrogen (secondary N) is 2. The van der Waals surface area contributed by atoms with Crippen LogP contribution in [-0.2, 0) is 6.54 Å². The Morgan fingerprint density at radius 1 is 1.29 bits per heavy atom. The Kier molecular flexibility index (Phi) is 11.6. The monoisotopic (exact) mass is 423 g/mol. The topological polar surface area (TPSA) is 45.7 Å². The Balaban J connectivity index is 0.00000400. The number of hydrogen-bond donors (Lipinski definition) is 2. The van der Waals surface area contributed by atoms with E-state index in [1.165, 1.54) is 5.56 Å². The van der Waals surface area contributed by atoms with Gasteiger partial charge in [0.05, 0.1) is 13.7 Å². The Morgan fingerprint density at radius 2 is 2.05 bits per heavy atom. The first-order chi connectivity index (χ1) is 9.69. The number of nitrogens with zero attached hydrogens (tertiary/aromatic N) is 1. The van der Waals surface area contributed by atoms with Crippen LogP contribution in [0.2, 0.25) is 0 Å². The molecule has 2 N–H and O–H groups in total. The summed E-state index contributed by atoms with van der Waals surface area (Å²) < 4.78 is 5.29. The third kappa shape index (κ3) is 8.40. The number of hydrogen-bond acceptors (Lipinski definition) is 3. The van der Waals surface area contributed by atoms with Crippen LogP contribution in [-0.4, -0.2) is 38.2 Å². The maximum Gasteiger partial charge on any atom is 0.191 e. The molecule has 0 saturated heterocycles. The Bertz CT molecular complexity index is 441. The molecule has 0 saturated carbocycles. The highest BCUT2D eigenvalue weighted by atomic mass is 127. The Hall–Kier alpha value is -0.630. The highest BCUT2D eigenvalue weighted by Crippen LogP contribution is 2.16. The van der Waals surface area contributed by atoms with Gasteiger partial charge in [-0.15, -0.1) is 24.0 Å². The fraction of sp³-hybridized carbons (Fsp3) is 0.533. The van der Waals surface area contributed by atoms with Gasteiger partial charge in [-0.1, -0.05) is 6.07 Å². The highest BCUT2D eigenvalue weighted by molar-refractivity contribution is 14.0. The van der Waals surface area contributed by atoms with Crippen LogP contribution in [0.5, 0.6) is 5.75 Å². The molecule has 0 atom stereocenters. The van der Waals surface area contributed by atoms with Gasteiger partial charge in [-0.3, -0.25) is 0 Å². The van der Waals surface area contributed by atoms with Gasteiger partial charge in [-0.05, 0) is 43.4 Å². The van der Waals surface area contributed by atoms with Crippen LogP contribution in [0.1, 0.15) is 18.1 Å². The minimum absolute atomic E-state index is 0. The van der Waals surface area contributed by atoms with E-state index in [4.69, 9.17) is 4.74 Å². The number of ether oxygens (including phenoxy) is 1. The van der Waals surface area contributed by atoms with E-state index in [1.54, 1.807) is 7.11 Å². The van der Waals surface area contributed by atoms with Crippen LogP contribution in [0.3, 0.4) is 0 Å². The third-order valence-corrected chi connectivity index (χ3v) is 3.32. The van der Waals surface area contributed by atoms with E-state index >= 15 is 0 Å². The van der Waals surface area contributed by atoms with E-state index in [9.17, 15) is 0 Å². The Morgan fingerprint density at radius 3 is 2.67 bits per heavy atom. The molecule has 0 radical (unpaired) electrons. The fourth-order valence-electron chi connectivity index (χ4n) is 1.82. The number of aliphatic imine (C=N–C) groups is 1. The van der Waals surface area contributed by atoms with E-state index in [0.717, 1.165) is 36.1 Å². The lowest BCUT2D eigenvalue weighted by Gasteiger charge is -2.11. The van der Waals surface area contributed by atoms with Crippen LogP contribution in [0.15, 0.2) is 23.2 Å². The van der Waals surface area contributed by atoms with Gasteiger partial charge in [0, 0.05) is 18.8 Å². The molecule has 0 aliphatic carbocycles. The van der Waals surface area contributed by atoms with E-state index in [2.05, 4.69) is 41.8 Å². The van der Waals surface area contributed by atoms with E-state index in [0.29, 0.717) is 6.54 Å². The number of rotatable bonds is 7. The van der Waals surface area contributed by atoms with Crippen molar-refractivity contribution in [2.24, 2.45) is 4.99 Å². The van der Waals surface area contributed by atoms with Crippen LogP contribution >= 0.6 is 35.7 Å². The molecule has 0 fully saturated rings. The molecule has 1 rings (SSSR count). The first-order valence-electron chi connectivity index (χ1n) is 6.85. The number of benzene rings is 1. The lowest BCUT2D eigenvalue weighted by atomic mass is 10.1. The van der Waals surface area contributed by atoms with Gasteiger partial charge < -0.3 is 15.4 Å². The zero-order valence-electron chi connectivity index (χ0n) is 13.2. The maximum absolute atomic E-state index is 5.29.